The number of nitrogens with two attached hydrogens (primary N) is 1. The standard InChI is InChI=1S/C19H33N5.HI/c1-4-24-12-8-11-17(24)14-21-19(20)22-15-18(23(2)3)13-16-9-6-5-7-10-16;/h5-7,9-10,17-18H,4,8,11-15H2,1-3H3,(H3,20,21,22);1H. The topological polar surface area (TPSA) is 56.9 Å². The number of nitrogens with one attached hydrogen (secondary N) is 1. The van der Waals surface area contributed by atoms with Crippen LogP contribution in [0.1, 0.15) is 25.3 Å². The first kappa shape index (κ1) is 22.2. The predicted octanol–water partition coefficient (Wildman–Crippen LogP) is 2.17. The van der Waals surface area contributed by atoms with Crippen molar-refractivity contribution in [3.05, 3.63) is 35.9 Å². The summed E-state index contributed by atoms with van der Waals surface area (Å²) in [4.78, 5) is 9.31. The fraction of sp³-hybridized carbons (Fsp3) is 0.632. The lowest BCUT2D eigenvalue weighted by atomic mass is 10.1. The number of halogens is 1. The van der Waals surface area contributed by atoms with Gasteiger partial charge in [-0.15, -0.1) is 24.0 Å². The maximum atomic E-state index is 6.08. The molecule has 0 aromatic heterocycles. The van der Waals surface area contributed by atoms with E-state index in [2.05, 4.69) is 71.5 Å². The number of hydrogen-bond acceptors (Lipinski definition) is 3. The highest BCUT2D eigenvalue weighted by Crippen LogP contribution is 2.15. The van der Waals surface area contributed by atoms with Gasteiger partial charge in [0.1, 0.15) is 0 Å². The van der Waals surface area contributed by atoms with Gasteiger partial charge in [0.25, 0.3) is 0 Å². The average molecular weight is 459 g/mol. The first-order valence-corrected chi connectivity index (χ1v) is 9.08. The zero-order valence-corrected chi connectivity index (χ0v) is 18.1. The lowest BCUT2D eigenvalue weighted by Gasteiger charge is -2.24. The molecule has 2 rings (SSSR count). The fourth-order valence-electron chi connectivity index (χ4n) is 3.32. The molecule has 142 valence electrons. The van der Waals surface area contributed by atoms with Crippen molar-refractivity contribution in [2.24, 2.45) is 10.7 Å². The Morgan fingerprint density at radius 1 is 1.36 bits per heavy atom. The highest BCUT2D eigenvalue weighted by Gasteiger charge is 2.22. The molecule has 6 heteroatoms. The molecule has 2 unspecified atom stereocenters. The van der Waals surface area contributed by atoms with E-state index >= 15 is 0 Å². The van der Waals surface area contributed by atoms with Crippen LogP contribution in [0.15, 0.2) is 35.3 Å². The average Bonchev–Trinajstić information content (AvgIpc) is 3.05. The summed E-state index contributed by atoms with van der Waals surface area (Å²) in [5, 5.41) is 3.31. The minimum absolute atomic E-state index is 0. The van der Waals surface area contributed by atoms with Gasteiger partial charge < -0.3 is 16.0 Å². The van der Waals surface area contributed by atoms with Crippen LogP contribution < -0.4 is 11.1 Å². The van der Waals surface area contributed by atoms with E-state index in [9.17, 15) is 0 Å². The molecule has 1 aromatic rings. The molecule has 1 aliphatic heterocycles. The Morgan fingerprint density at radius 2 is 2.08 bits per heavy atom. The van der Waals surface area contributed by atoms with Gasteiger partial charge >= 0.3 is 0 Å². The second kappa shape index (κ2) is 11.7. The van der Waals surface area contributed by atoms with E-state index in [0.29, 0.717) is 24.6 Å². The third-order valence-corrected chi connectivity index (χ3v) is 4.94. The zero-order chi connectivity index (χ0) is 17.4. The maximum absolute atomic E-state index is 6.08. The van der Waals surface area contributed by atoms with Gasteiger partial charge in [-0.2, -0.15) is 0 Å². The molecule has 2 atom stereocenters. The van der Waals surface area contributed by atoms with E-state index in [1.54, 1.807) is 0 Å². The van der Waals surface area contributed by atoms with Crippen LogP contribution >= 0.6 is 24.0 Å². The highest BCUT2D eigenvalue weighted by atomic mass is 127. The largest absolute Gasteiger partial charge is 0.370 e. The van der Waals surface area contributed by atoms with Gasteiger partial charge in [0.05, 0.1) is 6.54 Å². The number of likely N-dealkylation sites (tertiary alicyclic amines) is 1. The van der Waals surface area contributed by atoms with E-state index in [0.717, 1.165) is 19.5 Å². The molecular formula is C19H34IN5. The molecule has 0 spiro atoms. The molecule has 1 aromatic carbocycles. The van der Waals surface area contributed by atoms with Crippen molar-refractivity contribution in [1.82, 2.24) is 15.1 Å². The van der Waals surface area contributed by atoms with Crippen LogP contribution in [-0.4, -0.2) is 68.1 Å². The van der Waals surface area contributed by atoms with E-state index in [1.807, 2.05) is 0 Å². The summed E-state index contributed by atoms with van der Waals surface area (Å²) in [7, 11) is 4.20. The summed E-state index contributed by atoms with van der Waals surface area (Å²) in [6, 6.07) is 11.5. The number of nitrogens with zero attached hydrogens (tertiary/aromatic N) is 3. The van der Waals surface area contributed by atoms with E-state index in [4.69, 9.17) is 5.73 Å². The molecule has 1 saturated heterocycles. The SMILES string of the molecule is CCN1CCCC1CNC(N)=NCC(Cc1ccccc1)N(C)C.I. The molecule has 0 amide bonds. The minimum Gasteiger partial charge on any atom is -0.370 e. The van der Waals surface area contributed by atoms with Crippen LogP contribution in [0.4, 0.5) is 0 Å². The Bertz CT molecular complexity index is 506. The maximum Gasteiger partial charge on any atom is 0.188 e. The first-order chi connectivity index (χ1) is 11.6. The highest BCUT2D eigenvalue weighted by molar-refractivity contribution is 14.0. The summed E-state index contributed by atoms with van der Waals surface area (Å²) in [5.74, 6) is 0.567. The van der Waals surface area contributed by atoms with Crippen molar-refractivity contribution >= 4 is 29.9 Å². The van der Waals surface area contributed by atoms with Crippen molar-refractivity contribution in [3.8, 4) is 0 Å². The van der Waals surface area contributed by atoms with E-state index < -0.39 is 0 Å². The van der Waals surface area contributed by atoms with Crippen LogP contribution in [-0.2, 0) is 6.42 Å². The molecule has 25 heavy (non-hydrogen) atoms. The Balaban J connectivity index is 0.00000312. The second-order valence-corrected chi connectivity index (χ2v) is 6.84. The lowest BCUT2D eigenvalue weighted by molar-refractivity contribution is 0.267. The molecule has 1 aliphatic rings. The number of rotatable bonds is 8. The quantitative estimate of drug-likeness (QED) is 0.356. The smallest absolute Gasteiger partial charge is 0.188 e. The van der Waals surface area contributed by atoms with Gasteiger partial charge in [-0.3, -0.25) is 9.89 Å². The molecule has 3 N–H and O–H groups in total. The molecule has 0 saturated carbocycles. The van der Waals surface area contributed by atoms with Gasteiger partial charge in [-0.05, 0) is 52.0 Å². The van der Waals surface area contributed by atoms with Gasteiger partial charge in [-0.1, -0.05) is 37.3 Å². The van der Waals surface area contributed by atoms with Crippen molar-refractivity contribution in [2.45, 2.75) is 38.3 Å². The van der Waals surface area contributed by atoms with E-state index in [1.165, 1.54) is 24.9 Å². The predicted molar refractivity (Wildman–Crippen MR) is 118 cm³/mol. The Hall–Kier alpha value is -0.860. The molecule has 0 aliphatic carbocycles. The molecule has 1 heterocycles. The van der Waals surface area contributed by atoms with Crippen LogP contribution in [0.2, 0.25) is 0 Å². The summed E-state index contributed by atoms with van der Waals surface area (Å²) in [6.07, 6.45) is 3.52. The van der Waals surface area contributed by atoms with Crippen LogP contribution in [0.5, 0.6) is 0 Å². The number of aliphatic imine (C=N–C) groups is 1. The van der Waals surface area contributed by atoms with Crippen molar-refractivity contribution in [3.63, 3.8) is 0 Å². The minimum atomic E-state index is 0. The molecule has 5 nitrogen and oxygen atoms in total. The van der Waals surface area contributed by atoms with Crippen LogP contribution in [0.3, 0.4) is 0 Å². The Labute approximate surface area is 170 Å². The Morgan fingerprint density at radius 3 is 2.72 bits per heavy atom. The number of hydrogen-bond donors (Lipinski definition) is 2. The number of guanidine groups is 1. The molecule has 0 radical (unpaired) electrons. The van der Waals surface area contributed by atoms with Crippen molar-refractivity contribution < 1.29 is 0 Å². The molecule has 0 bridgehead atoms. The lowest BCUT2D eigenvalue weighted by Crippen LogP contribution is -2.43. The Kier molecular flexibility index (Phi) is 10.4. The van der Waals surface area contributed by atoms with Crippen molar-refractivity contribution in [2.75, 3.05) is 40.3 Å². The summed E-state index contributed by atoms with van der Waals surface area (Å²) in [5.41, 5.74) is 7.42. The van der Waals surface area contributed by atoms with Crippen LogP contribution in [0, 0.1) is 0 Å². The number of likely N-dealkylation sites (N-methyl/N-ethyl adjacent to an activating group) is 2. The third-order valence-electron chi connectivity index (χ3n) is 4.94. The summed E-state index contributed by atoms with van der Waals surface area (Å²) in [6.45, 7) is 6.15. The van der Waals surface area contributed by atoms with Gasteiger partial charge in [0.2, 0.25) is 0 Å². The van der Waals surface area contributed by atoms with Gasteiger partial charge in [0.15, 0.2) is 5.96 Å². The first-order valence-electron chi connectivity index (χ1n) is 9.08. The normalized spacial score (nSPS) is 19.7. The van der Waals surface area contributed by atoms with Gasteiger partial charge in [-0.25, -0.2) is 0 Å². The number of benzene rings is 1. The summed E-state index contributed by atoms with van der Waals surface area (Å²) < 4.78 is 0. The van der Waals surface area contributed by atoms with E-state index in [-0.39, 0.29) is 24.0 Å². The molecular weight excluding hydrogens is 425 g/mol. The molecule has 1 fully saturated rings. The van der Waals surface area contributed by atoms with Crippen molar-refractivity contribution in [1.29, 1.82) is 0 Å². The summed E-state index contributed by atoms with van der Waals surface area (Å²) >= 11 is 0. The third kappa shape index (κ3) is 7.50. The second-order valence-electron chi connectivity index (χ2n) is 6.84. The zero-order valence-electron chi connectivity index (χ0n) is 15.8. The fourth-order valence-corrected chi connectivity index (χ4v) is 3.32. The van der Waals surface area contributed by atoms with Crippen LogP contribution in [0.25, 0.3) is 0 Å². The monoisotopic (exact) mass is 459 g/mol. The van der Waals surface area contributed by atoms with Gasteiger partial charge in [0, 0.05) is 18.6 Å².